The molecule has 2 aromatic carbocycles. The summed E-state index contributed by atoms with van der Waals surface area (Å²) in [5.74, 6) is 1.01. The number of nitrogens with zero attached hydrogens (tertiary/aromatic N) is 1. The van der Waals surface area contributed by atoms with Gasteiger partial charge in [-0.05, 0) is 67.2 Å². The fourth-order valence-electron chi connectivity index (χ4n) is 4.70. The Hall–Kier alpha value is -3.34. The van der Waals surface area contributed by atoms with E-state index in [1.165, 1.54) is 5.57 Å². The van der Waals surface area contributed by atoms with E-state index in [0.29, 0.717) is 44.1 Å². The Morgan fingerprint density at radius 2 is 1.82 bits per heavy atom. The summed E-state index contributed by atoms with van der Waals surface area (Å²) in [6, 6.07) is 17.5. The van der Waals surface area contributed by atoms with Gasteiger partial charge in [-0.25, -0.2) is 0 Å². The van der Waals surface area contributed by atoms with E-state index in [0.717, 1.165) is 30.0 Å². The van der Waals surface area contributed by atoms with Crippen LogP contribution in [0.2, 0.25) is 0 Å². The summed E-state index contributed by atoms with van der Waals surface area (Å²) in [5, 5.41) is 0. The van der Waals surface area contributed by atoms with E-state index in [1.54, 1.807) is 0 Å². The van der Waals surface area contributed by atoms with Gasteiger partial charge in [-0.15, -0.1) is 0 Å². The van der Waals surface area contributed by atoms with Crippen LogP contribution < -0.4 is 4.74 Å². The second kappa shape index (κ2) is 11.2. The van der Waals surface area contributed by atoms with Gasteiger partial charge in [0, 0.05) is 30.8 Å². The maximum Gasteiger partial charge on any atom is 0.305 e. The lowest BCUT2D eigenvalue weighted by atomic mass is 9.84. The first-order valence-electron chi connectivity index (χ1n) is 12.2. The van der Waals surface area contributed by atoms with Gasteiger partial charge in [0.2, 0.25) is 0 Å². The van der Waals surface area contributed by atoms with Crippen molar-refractivity contribution in [2.45, 2.75) is 39.7 Å². The molecule has 2 unspecified atom stereocenters. The maximum absolute atomic E-state index is 13.5. The molecule has 0 spiro atoms. The van der Waals surface area contributed by atoms with Crippen LogP contribution in [0.15, 0.2) is 78.0 Å². The van der Waals surface area contributed by atoms with Gasteiger partial charge >= 0.3 is 5.97 Å². The molecule has 0 bridgehead atoms. The Morgan fingerprint density at radius 1 is 1.06 bits per heavy atom. The van der Waals surface area contributed by atoms with E-state index >= 15 is 0 Å². The van der Waals surface area contributed by atoms with Gasteiger partial charge in [-0.1, -0.05) is 43.3 Å². The average molecular weight is 460 g/mol. The molecule has 0 N–H and O–H groups in total. The lowest BCUT2D eigenvalue weighted by molar-refractivity contribution is -0.143. The quantitative estimate of drug-likeness (QED) is 0.343. The summed E-state index contributed by atoms with van der Waals surface area (Å²) in [6.45, 7) is 6.32. The highest BCUT2D eigenvalue weighted by molar-refractivity contribution is 6.00. The third kappa shape index (κ3) is 5.77. The van der Waals surface area contributed by atoms with E-state index in [9.17, 15) is 9.59 Å². The molecule has 0 radical (unpaired) electrons. The molecule has 1 heterocycles. The van der Waals surface area contributed by atoms with Gasteiger partial charge in [0.15, 0.2) is 5.78 Å². The molecule has 4 rings (SSSR count). The summed E-state index contributed by atoms with van der Waals surface area (Å²) < 4.78 is 10.9. The van der Waals surface area contributed by atoms with Gasteiger partial charge in [0.1, 0.15) is 12.4 Å². The first-order chi connectivity index (χ1) is 16.5. The topological polar surface area (TPSA) is 55.8 Å². The average Bonchev–Trinajstić information content (AvgIpc) is 3.21. The van der Waals surface area contributed by atoms with Gasteiger partial charge < -0.3 is 14.4 Å². The number of esters is 1. The lowest BCUT2D eigenvalue weighted by Crippen LogP contribution is -2.26. The third-order valence-corrected chi connectivity index (χ3v) is 6.44. The minimum atomic E-state index is -0.161. The predicted molar refractivity (Wildman–Crippen MR) is 132 cm³/mol. The van der Waals surface area contributed by atoms with Crippen molar-refractivity contribution in [3.63, 3.8) is 0 Å². The molecule has 5 nitrogen and oxygen atoms in total. The Kier molecular flexibility index (Phi) is 7.84. The van der Waals surface area contributed by atoms with Crippen LogP contribution in [0.5, 0.6) is 5.75 Å². The first-order valence-corrected chi connectivity index (χ1v) is 12.2. The summed E-state index contributed by atoms with van der Waals surface area (Å²) in [7, 11) is 0. The van der Waals surface area contributed by atoms with Crippen molar-refractivity contribution in [1.29, 1.82) is 0 Å². The largest absolute Gasteiger partial charge is 0.489 e. The highest BCUT2D eigenvalue weighted by Crippen LogP contribution is 2.39. The SMILES string of the molecule is CCOC(=O)CCCN1CC(C(=O)c2ccc(OCc3ccccc3)cc2)C2=C1C=CC(C)C2. The summed E-state index contributed by atoms with van der Waals surface area (Å²) >= 11 is 0. The standard InChI is InChI=1S/C29H33NO4/c1-3-33-28(31)10-7-17-30-19-26(25-18-21(2)11-16-27(25)30)29(32)23-12-14-24(15-13-23)34-20-22-8-5-4-6-9-22/h4-6,8-9,11-16,21,26H,3,7,10,17-20H2,1-2H3. The fourth-order valence-corrected chi connectivity index (χ4v) is 4.70. The van der Waals surface area contributed by atoms with Gasteiger partial charge in [-0.3, -0.25) is 9.59 Å². The Labute approximate surface area is 202 Å². The fraction of sp³-hybridized carbons (Fsp3) is 0.379. The number of Topliss-reactive ketones (excluding diaryl/α,β-unsaturated/α-hetero) is 1. The van der Waals surface area contributed by atoms with Crippen molar-refractivity contribution < 1.29 is 19.1 Å². The zero-order valence-corrected chi connectivity index (χ0v) is 20.0. The van der Waals surface area contributed by atoms with Crippen LogP contribution in [0, 0.1) is 11.8 Å². The van der Waals surface area contributed by atoms with Crippen LogP contribution in [-0.2, 0) is 16.1 Å². The van der Waals surface area contributed by atoms with E-state index in [1.807, 2.05) is 61.5 Å². The van der Waals surface area contributed by atoms with Gasteiger partial charge in [0.05, 0.1) is 12.5 Å². The number of rotatable bonds is 10. The summed E-state index contributed by atoms with van der Waals surface area (Å²) in [4.78, 5) is 27.5. The smallest absolute Gasteiger partial charge is 0.305 e. The number of hydrogen-bond acceptors (Lipinski definition) is 5. The molecule has 0 fully saturated rings. The molecule has 5 heteroatoms. The van der Waals surface area contributed by atoms with Gasteiger partial charge in [0.25, 0.3) is 0 Å². The van der Waals surface area contributed by atoms with Crippen molar-refractivity contribution in [2.24, 2.45) is 11.8 Å². The maximum atomic E-state index is 13.5. The van der Waals surface area contributed by atoms with Crippen LogP contribution in [-0.4, -0.2) is 36.3 Å². The van der Waals surface area contributed by atoms with Crippen LogP contribution >= 0.6 is 0 Å². The molecule has 0 aromatic heterocycles. The minimum Gasteiger partial charge on any atom is -0.489 e. The van der Waals surface area contributed by atoms with Crippen molar-refractivity contribution in [3.8, 4) is 5.75 Å². The van der Waals surface area contributed by atoms with Crippen LogP contribution in [0.1, 0.15) is 49.0 Å². The molecule has 1 aliphatic carbocycles. The molecule has 2 aliphatic rings. The lowest BCUT2D eigenvalue weighted by Gasteiger charge is -2.22. The van der Waals surface area contributed by atoms with Gasteiger partial charge in [-0.2, -0.15) is 0 Å². The molecule has 0 saturated carbocycles. The number of carbonyl (C=O) groups excluding carboxylic acids is 2. The highest BCUT2D eigenvalue weighted by Gasteiger charge is 2.36. The highest BCUT2D eigenvalue weighted by atomic mass is 16.5. The Morgan fingerprint density at radius 3 is 2.56 bits per heavy atom. The molecular formula is C29H33NO4. The second-order valence-electron chi connectivity index (χ2n) is 9.02. The summed E-state index contributed by atoms with van der Waals surface area (Å²) in [5.41, 5.74) is 4.19. The van der Waals surface area contributed by atoms with E-state index in [2.05, 4.69) is 24.0 Å². The second-order valence-corrected chi connectivity index (χ2v) is 9.02. The number of carbonyl (C=O) groups is 2. The molecule has 34 heavy (non-hydrogen) atoms. The Balaban J connectivity index is 1.41. The Bertz CT molecular complexity index is 1060. The molecule has 178 valence electrons. The molecule has 2 aromatic rings. The molecule has 1 aliphatic heterocycles. The van der Waals surface area contributed by atoms with E-state index in [-0.39, 0.29) is 17.7 Å². The molecule has 0 amide bonds. The number of allylic oxidation sites excluding steroid dienone is 2. The zero-order valence-electron chi connectivity index (χ0n) is 20.0. The normalized spacial score (nSPS) is 19.2. The van der Waals surface area contributed by atoms with Crippen molar-refractivity contribution >= 4 is 11.8 Å². The minimum absolute atomic E-state index is 0.150. The molecule has 2 atom stereocenters. The van der Waals surface area contributed by atoms with Crippen molar-refractivity contribution in [1.82, 2.24) is 4.90 Å². The number of hydrogen-bond donors (Lipinski definition) is 0. The number of benzene rings is 2. The zero-order chi connectivity index (χ0) is 23.9. The van der Waals surface area contributed by atoms with Crippen LogP contribution in [0.3, 0.4) is 0 Å². The number of ketones is 1. The van der Waals surface area contributed by atoms with Crippen molar-refractivity contribution in [2.75, 3.05) is 19.7 Å². The first kappa shape index (κ1) is 23.8. The monoisotopic (exact) mass is 459 g/mol. The molecule has 0 saturated heterocycles. The van der Waals surface area contributed by atoms with Crippen LogP contribution in [0.4, 0.5) is 0 Å². The summed E-state index contributed by atoms with van der Waals surface area (Å²) in [6.07, 6.45) is 6.38. The third-order valence-electron chi connectivity index (χ3n) is 6.44. The van der Waals surface area contributed by atoms with E-state index < -0.39 is 0 Å². The van der Waals surface area contributed by atoms with Crippen LogP contribution in [0.25, 0.3) is 0 Å². The van der Waals surface area contributed by atoms with E-state index in [4.69, 9.17) is 9.47 Å². The van der Waals surface area contributed by atoms with Crippen molar-refractivity contribution in [3.05, 3.63) is 89.1 Å². The number of ether oxygens (including phenoxy) is 2. The predicted octanol–water partition coefficient (Wildman–Crippen LogP) is 5.57. The molecular weight excluding hydrogens is 426 g/mol.